The van der Waals surface area contributed by atoms with Crippen LogP contribution in [-0.2, 0) is 9.59 Å². The summed E-state index contributed by atoms with van der Waals surface area (Å²) in [5.41, 5.74) is 2.51. The highest BCUT2D eigenvalue weighted by Crippen LogP contribution is 2.20. The predicted molar refractivity (Wildman–Crippen MR) is 117 cm³/mol. The van der Waals surface area contributed by atoms with Crippen LogP contribution in [0.5, 0.6) is 0 Å². The first-order valence-electron chi connectivity index (χ1n) is 9.81. The minimum atomic E-state index is -0.228. The van der Waals surface area contributed by atoms with E-state index in [0.717, 1.165) is 37.4 Å². The normalized spacial score (nSPS) is 16.2. The van der Waals surface area contributed by atoms with Crippen LogP contribution >= 0.6 is 11.6 Å². The number of halogens is 1. The maximum atomic E-state index is 12.6. The van der Waals surface area contributed by atoms with E-state index in [4.69, 9.17) is 11.6 Å². The van der Waals surface area contributed by atoms with Crippen LogP contribution < -0.4 is 10.6 Å². The van der Waals surface area contributed by atoms with E-state index in [-0.39, 0.29) is 17.9 Å². The van der Waals surface area contributed by atoms with Crippen molar-refractivity contribution >= 4 is 34.8 Å². The summed E-state index contributed by atoms with van der Waals surface area (Å²) < 4.78 is 0. The van der Waals surface area contributed by atoms with E-state index in [2.05, 4.69) is 20.4 Å². The number of hydrogen-bond acceptors (Lipinski definition) is 4. The molecular weight excluding hydrogens is 388 g/mol. The number of para-hydroxylation sites is 2. The summed E-state index contributed by atoms with van der Waals surface area (Å²) in [5.74, 6) is -0.0962. The zero-order valence-electron chi connectivity index (χ0n) is 16.8. The Labute approximate surface area is 176 Å². The molecule has 0 saturated carbocycles. The third-order valence-electron chi connectivity index (χ3n) is 5.25. The number of hydrogen-bond donors (Lipinski definition) is 2. The number of anilines is 2. The summed E-state index contributed by atoms with van der Waals surface area (Å²) in [6, 6.07) is 14.7. The Bertz CT molecular complexity index is 865. The largest absolute Gasteiger partial charge is 0.324 e. The van der Waals surface area contributed by atoms with Crippen molar-refractivity contribution in [1.82, 2.24) is 9.80 Å². The van der Waals surface area contributed by atoms with Crippen LogP contribution in [0.2, 0.25) is 5.02 Å². The Hall–Kier alpha value is -2.41. The highest BCUT2D eigenvalue weighted by Gasteiger charge is 2.26. The predicted octanol–water partition coefficient (Wildman–Crippen LogP) is 3.23. The molecule has 1 aliphatic heterocycles. The van der Waals surface area contributed by atoms with Gasteiger partial charge >= 0.3 is 0 Å². The molecule has 1 aliphatic rings. The number of carbonyl (C=O) groups is 2. The Morgan fingerprint density at radius 1 is 0.966 bits per heavy atom. The van der Waals surface area contributed by atoms with Crippen LogP contribution in [-0.4, -0.2) is 60.4 Å². The molecule has 2 amide bonds. The smallest absolute Gasteiger partial charge is 0.241 e. The maximum Gasteiger partial charge on any atom is 0.241 e. The van der Waals surface area contributed by atoms with E-state index in [0.29, 0.717) is 17.3 Å². The molecule has 1 unspecified atom stereocenters. The molecule has 2 aromatic rings. The number of nitrogens with zero attached hydrogens (tertiary/aromatic N) is 2. The lowest BCUT2D eigenvalue weighted by Crippen LogP contribution is -2.53. The third-order valence-corrected chi connectivity index (χ3v) is 5.58. The molecule has 29 heavy (non-hydrogen) atoms. The topological polar surface area (TPSA) is 64.7 Å². The standard InChI is InChI=1S/C22H27ClN4O2/c1-16-7-3-5-9-19(16)25-22(29)17(2)27-13-11-26(12-14-27)15-21(28)24-20-10-6-4-8-18(20)23/h3-10,17H,11-15H2,1-2H3,(H,24,28)(H,25,29). The molecule has 1 heterocycles. The van der Waals surface area contributed by atoms with Crippen molar-refractivity contribution in [3.05, 3.63) is 59.1 Å². The van der Waals surface area contributed by atoms with Crippen molar-refractivity contribution in [3.63, 3.8) is 0 Å². The highest BCUT2D eigenvalue weighted by atomic mass is 35.5. The number of piperazine rings is 1. The lowest BCUT2D eigenvalue weighted by atomic mass is 10.1. The van der Waals surface area contributed by atoms with Gasteiger partial charge in [-0.2, -0.15) is 0 Å². The number of aryl methyl sites for hydroxylation is 1. The Morgan fingerprint density at radius 3 is 2.24 bits per heavy atom. The van der Waals surface area contributed by atoms with Crippen LogP contribution in [0.4, 0.5) is 11.4 Å². The fourth-order valence-electron chi connectivity index (χ4n) is 3.38. The molecule has 6 nitrogen and oxygen atoms in total. The van der Waals surface area contributed by atoms with E-state index in [1.165, 1.54) is 0 Å². The second-order valence-electron chi connectivity index (χ2n) is 7.32. The number of rotatable bonds is 6. The fraction of sp³-hybridized carbons (Fsp3) is 0.364. The van der Waals surface area contributed by atoms with Gasteiger partial charge < -0.3 is 10.6 Å². The van der Waals surface area contributed by atoms with Gasteiger partial charge in [0.2, 0.25) is 11.8 Å². The molecule has 154 valence electrons. The van der Waals surface area contributed by atoms with Gasteiger partial charge in [0, 0.05) is 31.9 Å². The first kappa shape index (κ1) is 21.3. The molecule has 0 bridgehead atoms. The van der Waals surface area contributed by atoms with Crippen molar-refractivity contribution in [1.29, 1.82) is 0 Å². The monoisotopic (exact) mass is 414 g/mol. The quantitative estimate of drug-likeness (QED) is 0.761. The summed E-state index contributed by atoms with van der Waals surface area (Å²) >= 11 is 6.09. The van der Waals surface area contributed by atoms with Gasteiger partial charge in [0.25, 0.3) is 0 Å². The summed E-state index contributed by atoms with van der Waals surface area (Å²) in [6.07, 6.45) is 0. The lowest BCUT2D eigenvalue weighted by Gasteiger charge is -2.37. The van der Waals surface area contributed by atoms with Gasteiger partial charge in [-0.3, -0.25) is 19.4 Å². The molecule has 2 N–H and O–H groups in total. The van der Waals surface area contributed by atoms with Gasteiger partial charge in [-0.25, -0.2) is 0 Å². The lowest BCUT2D eigenvalue weighted by molar-refractivity contribution is -0.122. The first-order valence-corrected chi connectivity index (χ1v) is 10.2. The molecule has 1 fully saturated rings. The summed E-state index contributed by atoms with van der Waals surface area (Å²) in [5, 5.41) is 6.39. The van der Waals surface area contributed by atoms with Gasteiger partial charge in [0.1, 0.15) is 0 Å². The van der Waals surface area contributed by atoms with Gasteiger partial charge in [-0.1, -0.05) is 41.9 Å². The van der Waals surface area contributed by atoms with Crippen LogP contribution in [0, 0.1) is 6.92 Å². The average molecular weight is 415 g/mol. The van der Waals surface area contributed by atoms with E-state index in [1.807, 2.05) is 50.2 Å². The molecule has 1 atom stereocenters. The Kier molecular flexibility index (Phi) is 7.25. The van der Waals surface area contributed by atoms with Crippen molar-refractivity contribution in [2.45, 2.75) is 19.9 Å². The van der Waals surface area contributed by atoms with Crippen LogP contribution in [0.3, 0.4) is 0 Å². The van der Waals surface area contributed by atoms with Gasteiger partial charge in [0.15, 0.2) is 0 Å². The Morgan fingerprint density at radius 2 is 1.59 bits per heavy atom. The highest BCUT2D eigenvalue weighted by molar-refractivity contribution is 6.33. The number of nitrogens with one attached hydrogen (secondary N) is 2. The molecule has 0 aliphatic carbocycles. The van der Waals surface area contributed by atoms with E-state index in [1.54, 1.807) is 12.1 Å². The van der Waals surface area contributed by atoms with Crippen molar-refractivity contribution in [3.8, 4) is 0 Å². The van der Waals surface area contributed by atoms with Crippen molar-refractivity contribution < 1.29 is 9.59 Å². The van der Waals surface area contributed by atoms with Crippen molar-refractivity contribution in [2.75, 3.05) is 43.4 Å². The minimum absolute atomic E-state index is 0.00999. The second-order valence-corrected chi connectivity index (χ2v) is 7.73. The summed E-state index contributed by atoms with van der Waals surface area (Å²) in [6.45, 7) is 7.16. The zero-order valence-corrected chi connectivity index (χ0v) is 17.6. The van der Waals surface area contributed by atoms with Gasteiger partial charge in [-0.15, -0.1) is 0 Å². The number of amides is 2. The molecule has 3 rings (SSSR count). The van der Waals surface area contributed by atoms with E-state index in [9.17, 15) is 9.59 Å². The van der Waals surface area contributed by atoms with Crippen LogP contribution in [0.15, 0.2) is 48.5 Å². The number of benzene rings is 2. The first-order chi connectivity index (χ1) is 13.9. The average Bonchev–Trinajstić information content (AvgIpc) is 2.71. The van der Waals surface area contributed by atoms with E-state index >= 15 is 0 Å². The minimum Gasteiger partial charge on any atom is -0.324 e. The summed E-state index contributed by atoms with van der Waals surface area (Å²) in [4.78, 5) is 29.2. The number of carbonyl (C=O) groups excluding carboxylic acids is 2. The second kappa shape index (κ2) is 9.87. The fourth-order valence-corrected chi connectivity index (χ4v) is 3.56. The van der Waals surface area contributed by atoms with Crippen LogP contribution in [0.25, 0.3) is 0 Å². The zero-order chi connectivity index (χ0) is 20.8. The SMILES string of the molecule is Cc1ccccc1NC(=O)C(C)N1CCN(CC(=O)Nc2ccccc2Cl)CC1. The van der Waals surface area contributed by atoms with Crippen molar-refractivity contribution in [2.24, 2.45) is 0 Å². The molecule has 0 radical (unpaired) electrons. The van der Waals surface area contributed by atoms with Gasteiger partial charge in [0.05, 0.1) is 23.3 Å². The van der Waals surface area contributed by atoms with E-state index < -0.39 is 0 Å². The molecule has 2 aromatic carbocycles. The molecule has 7 heteroatoms. The van der Waals surface area contributed by atoms with Gasteiger partial charge in [-0.05, 0) is 37.6 Å². The summed E-state index contributed by atoms with van der Waals surface area (Å²) in [7, 11) is 0. The molecule has 0 spiro atoms. The molecular formula is C22H27ClN4O2. The molecule has 1 saturated heterocycles. The maximum absolute atomic E-state index is 12.6. The molecule has 0 aromatic heterocycles. The Balaban J connectivity index is 1.46. The van der Waals surface area contributed by atoms with Crippen LogP contribution in [0.1, 0.15) is 12.5 Å². The third kappa shape index (κ3) is 5.79.